The van der Waals surface area contributed by atoms with Gasteiger partial charge in [0.1, 0.15) is 17.1 Å². The molecule has 3 fully saturated rings. The summed E-state index contributed by atoms with van der Waals surface area (Å²) in [6, 6.07) is 0. The van der Waals surface area contributed by atoms with Crippen LogP contribution in [0.5, 0.6) is 5.75 Å². The van der Waals surface area contributed by atoms with Crippen LogP contribution in [-0.2, 0) is 120 Å². The van der Waals surface area contributed by atoms with Crippen LogP contribution in [0.3, 0.4) is 0 Å². The maximum absolute atomic E-state index is 14.1. The van der Waals surface area contributed by atoms with Crippen molar-refractivity contribution >= 4 is 29.6 Å². The molecule has 0 unspecified atom stereocenters. The largest absolute Gasteiger partial charge is 0.420 e. The van der Waals surface area contributed by atoms with Gasteiger partial charge >= 0.3 is 5.97 Å². The van der Waals surface area contributed by atoms with E-state index in [9.17, 15) is 76.6 Å². The lowest BCUT2D eigenvalue weighted by atomic mass is 9.82. The first-order valence-corrected chi connectivity index (χ1v) is 41.8. The van der Waals surface area contributed by atoms with Crippen LogP contribution in [0, 0.1) is 46.8 Å². The summed E-state index contributed by atoms with van der Waals surface area (Å²) in [6.45, 7) is 5.34. The molecule has 3 aliphatic rings. The molecule has 3 saturated carbocycles. The van der Waals surface area contributed by atoms with Gasteiger partial charge in [-0.05, 0) is 51.4 Å². The molecule has 37 nitrogen and oxygen atoms in total. The highest BCUT2D eigenvalue weighted by atomic mass is 19.2. The van der Waals surface area contributed by atoms with Crippen molar-refractivity contribution in [2.24, 2.45) is 17.8 Å². The smallest absolute Gasteiger partial charge is 0.311 e. The van der Waals surface area contributed by atoms with Gasteiger partial charge in [-0.25, -0.2) is 27.2 Å². The van der Waals surface area contributed by atoms with E-state index in [-0.39, 0.29) is 236 Å². The van der Waals surface area contributed by atoms with Crippen molar-refractivity contribution in [3.63, 3.8) is 0 Å². The Morgan fingerprint density at radius 2 is 0.694 bits per heavy atom. The zero-order valence-corrected chi connectivity index (χ0v) is 69.6. The number of carbonyl (C=O) groups excluding carboxylic acids is 5. The highest BCUT2D eigenvalue weighted by Gasteiger charge is 2.40. The number of ether oxygens (including phenoxy) is 13. The standard InChI is InChI=1S/C79H126F5N13O24/c1-109-59-38-53(75(106)62(98)41-59)47-118-50-56-44-95(92-89-56)23-29-115-35-32-112-26-20-85-65(101)14-17-79(88-68(104)12-10-8-6-4-5-7-9-11-13-69(105)121-78-73(83)71(81)70(80)72(82)74(78)84,18-15-66(102)86-21-27-113-33-36-116-30-24-96-45-57(90-93-96)51-119-48-54-39-60(110-2)42-63(99)76(54)107)19-16-67(103)87-22-28-114-34-37-117-31-25-97-46-58(91-94-97)52-120-49-55-40-61(111-3)43-64(100)77(55)108/h44-46,53-55,59-64,75-77,98-100,106-108H,4-43,47-52H2,1-3H3,(H,85,101)(H,86,102)(H,87,103)(H,88,104)/t53-,54-,55-,59-,60-,61-,62-,63-,64-,75+,76+,77+/m1/s1. The molecule has 12 atom stereocenters. The summed E-state index contributed by atoms with van der Waals surface area (Å²) in [7, 11) is 4.71. The van der Waals surface area contributed by atoms with E-state index < -0.39 is 83.0 Å². The molecule has 0 bridgehead atoms. The molecule has 10 N–H and O–H groups in total. The van der Waals surface area contributed by atoms with Gasteiger partial charge in [0.15, 0.2) is 0 Å². The quantitative estimate of drug-likeness (QED) is 0.00758. The van der Waals surface area contributed by atoms with Crippen molar-refractivity contribution in [1.29, 1.82) is 0 Å². The number of aliphatic hydroxyl groups is 6. The van der Waals surface area contributed by atoms with Crippen LogP contribution in [-0.4, -0.2) is 306 Å². The number of hydrogen-bond acceptors (Lipinski definition) is 30. The van der Waals surface area contributed by atoms with Crippen molar-refractivity contribution in [2.75, 3.05) is 140 Å². The van der Waals surface area contributed by atoms with E-state index in [1.807, 2.05) is 0 Å². The maximum Gasteiger partial charge on any atom is 0.311 e. The van der Waals surface area contributed by atoms with Gasteiger partial charge in [0, 0.05) is 116 Å². The summed E-state index contributed by atoms with van der Waals surface area (Å²) in [5.74, 6) is -16.5. The lowest BCUT2D eigenvalue weighted by molar-refractivity contribution is -0.135. The molecule has 42 heteroatoms. The average molecular weight is 1740 g/mol. The summed E-state index contributed by atoms with van der Waals surface area (Å²) in [5.41, 5.74) is 0.490. The van der Waals surface area contributed by atoms with E-state index in [0.29, 0.717) is 121 Å². The van der Waals surface area contributed by atoms with Crippen molar-refractivity contribution in [2.45, 2.75) is 241 Å². The Kier molecular flexibility index (Phi) is 47.3. The summed E-state index contributed by atoms with van der Waals surface area (Å²) in [5, 5.41) is 98.4. The lowest BCUT2D eigenvalue weighted by Gasteiger charge is -2.35. The fourth-order valence-electron chi connectivity index (χ4n) is 14.4. The highest BCUT2D eigenvalue weighted by molar-refractivity contribution is 5.80. The molecule has 0 saturated heterocycles. The zero-order valence-electron chi connectivity index (χ0n) is 69.6. The normalized spacial score (nSPS) is 21.3. The van der Waals surface area contributed by atoms with Crippen LogP contribution < -0.4 is 26.0 Å². The molecule has 3 aliphatic carbocycles. The second-order valence-electron chi connectivity index (χ2n) is 30.7. The Morgan fingerprint density at radius 1 is 0.388 bits per heavy atom. The summed E-state index contributed by atoms with van der Waals surface area (Å²) in [4.78, 5) is 67.4. The number of halogens is 5. The maximum atomic E-state index is 14.1. The second kappa shape index (κ2) is 56.7. The Balaban J connectivity index is 0.856. The predicted molar refractivity (Wildman–Crippen MR) is 416 cm³/mol. The van der Waals surface area contributed by atoms with Gasteiger partial charge in [0.2, 0.25) is 58.5 Å². The van der Waals surface area contributed by atoms with E-state index in [1.54, 1.807) is 54.0 Å². The van der Waals surface area contributed by atoms with Gasteiger partial charge in [-0.15, -0.1) is 15.3 Å². The molecular formula is C79H126F5N13O24. The minimum atomic E-state index is -2.37. The number of nitrogens with one attached hydrogen (secondary N) is 4. The first kappa shape index (κ1) is 101. The van der Waals surface area contributed by atoms with E-state index in [0.717, 1.165) is 19.3 Å². The van der Waals surface area contributed by atoms with E-state index in [2.05, 4.69) is 56.9 Å². The minimum absolute atomic E-state index is 0.0360. The fraction of sp³-hybridized carbons (Fsp3) is 0.785. The Labute approximate surface area is 700 Å². The number of carbonyl (C=O) groups is 5. The average Bonchev–Trinajstić information content (AvgIpc) is 1.34. The van der Waals surface area contributed by atoms with E-state index >= 15 is 0 Å². The van der Waals surface area contributed by atoms with Gasteiger partial charge in [0.25, 0.3) is 0 Å². The molecule has 1 aromatic carbocycles. The summed E-state index contributed by atoms with van der Waals surface area (Å²) < 4.78 is 146. The first-order chi connectivity index (χ1) is 58.5. The Hall–Kier alpha value is -7.08. The predicted octanol–water partition coefficient (Wildman–Crippen LogP) is 2.70. The fourth-order valence-corrected chi connectivity index (χ4v) is 14.4. The number of amides is 4. The van der Waals surface area contributed by atoms with Gasteiger partial charge in [-0.1, -0.05) is 54.2 Å². The van der Waals surface area contributed by atoms with Gasteiger partial charge in [-0.3, -0.25) is 24.0 Å². The topological polar surface area (TPSA) is 467 Å². The molecule has 3 heterocycles. The van der Waals surface area contributed by atoms with Crippen molar-refractivity contribution in [1.82, 2.24) is 66.2 Å². The van der Waals surface area contributed by atoms with Gasteiger partial charge in [0.05, 0.1) is 212 Å². The van der Waals surface area contributed by atoms with Crippen LogP contribution in [0.4, 0.5) is 22.0 Å². The SMILES string of the molecule is CO[C@@H]1C[C@H](COCc2cn(CCOCCOCCNC(=O)CCC(CCC(=O)NCCOCCOCCn3cc(COC[C@H]4C[C@@H](OC)C[C@@H](O)[C@H]4O)nn3)(CCC(=O)NCCOCCOCCn3cc(COC[C@H]4C[C@@H](OC)C[C@@H](O)[C@H]4O)nn3)NC(=O)CCCCCCCCCCC(=O)Oc3c(F)c(F)c(F)c(F)c3F)nn2)[C@H](O)[C@H](O)C1. The number of rotatable bonds is 64. The van der Waals surface area contributed by atoms with Crippen LogP contribution in [0.25, 0.3) is 0 Å². The van der Waals surface area contributed by atoms with Crippen molar-refractivity contribution < 1.29 is 138 Å². The number of benzene rings is 1. The van der Waals surface area contributed by atoms with Crippen molar-refractivity contribution in [3.8, 4) is 5.75 Å². The minimum Gasteiger partial charge on any atom is -0.420 e. The lowest BCUT2D eigenvalue weighted by Crippen LogP contribution is -2.50. The Morgan fingerprint density at radius 3 is 1.02 bits per heavy atom. The first-order valence-electron chi connectivity index (χ1n) is 41.8. The van der Waals surface area contributed by atoms with Crippen LogP contribution in [0.2, 0.25) is 0 Å². The van der Waals surface area contributed by atoms with Crippen LogP contribution in [0.1, 0.15) is 158 Å². The van der Waals surface area contributed by atoms with E-state index in [1.165, 1.54) is 0 Å². The van der Waals surface area contributed by atoms with Gasteiger partial charge in [-0.2, -0.15) is 8.78 Å². The number of nitrogens with zero attached hydrogens (tertiary/aromatic N) is 9. The van der Waals surface area contributed by atoms with E-state index in [4.69, 9.17) is 56.8 Å². The molecule has 121 heavy (non-hydrogen) atoms. The zero-order chi connectivity index (χ0) is 87.2. The highest BCUT2D eigenvalue weighted by Crippen LogP contribution is 2.33. The molecule has 0 radical (unpaired) electrons. The molecule has 7 rings (SSSR count). The third-order valence-electron chi connectivity index (χ3n) is 21.4. The molecular weight excluding hydrogens is 1610 g/mol. The molecule has 4 aromatic rings. The van der Waals surface area contributed by atoms with Crippen LogP contribution >= 0.6 is 0 Å². The molecule has 0 aliphatic heterocycles. The summed E-state index contributed by atoms with van der Waals surface area (Å²) in [6.07, 6.45) is 6.16. The molecule has 3 aromatic heterocycles. The van der Waals surface area contributed by atoms with Gasteiger partial charge < -0.3 is 113 Å². The Bertz CT molecular complexity index is 3330. The monoisotopic (exact) mass is 1740 g/mol. The molecule has 4 amide bonds. The number of aromatic nitrogens is 9. The van der Waals surface area contributed by atoms with Crippen LogP contribution in [0.15, 0.2) is 18.6 Å². The number of unbranched alkanes of at least 4 members (excludes halogenated alkanes) is 7. The van der Waals surface area contributed by atoms with Crippen molar-refractivity contribution in [3.05, 3.63) is 64.8 Å². The number of aliphatic hydroxyl groups excluding tert-OH is 6. The summed E-state index contributed by atoms with van der Waals surface area (Å²) >= 11 is 0. The molecule has 0 spiro atoms. The number of methoxy groups -OCH3 is 3. The third kappa shape index (κ3) is 37.7. The number of esters is 1. The molecule has 686 valence electrons. The second-order valence-corrected chi connectivity index (χ2v) is 30.7. The third-order valence-corrected chi connectivity index (χ3v) is 21.4. The number of hydrogen-bond donors (Lipinski definition) is 10.